The minimum absolute atomic E-state index is 0.251. The molecule has 1 aromatic rings. The van der Waals surface area contributed by atoms with Gasteiger partial charge in [0, 0.05) is 5.38 Å². The van der Waals surface area contributed by atoms with Crippen LogP contribution in [-0.4, -0.2) is 12.0 Å². The van der Waals surface area contributed by atoms with Gasteiger partial charge in [-0.15, -0.1) is 11.6 Å². The highest BCUT2D eigenvalue weighted by atomic mass is 35.5. The van der Waals surface area contributed by atoms with Gasteiger partial charge in [0.1, 0.15) is 5.75 Å². The summed E-state index contributed by atoms with van der Waals surface area (Å²) in [4.78, 5) is 0. The zero-order chi connectivity index (χ0) is 10.4. The van der Waals surface area contributed by atoms with Crippen LogP contribution < -0.4 is 4.74 Å². The van der Waals surface area contributed by atoms with E-state index >= 15 is 0 Å². The third-order valence-corrected chi connectivity index (χ3v) is 2.28. The van der Waals surface area contributed by atoms with E-state index in [1.165, 1.54) is 5.56 Å². The maximum atomic E-state index is 5.88. The van der Waals surface area contributed by atoms with Crippen LogP contribution in [0.3, 0.4) is 0 Å². The van der Waals surface area contributed by atoms with Gasteiger partial charge < -0.3 is 4.74 Å². The number of halogens is 1. The molecule has 0 aliphatic carbocycles. The highest BCUT2D eigenvalue weighted by Gasteiger charge is 1.98. The molecule has 0 aliphatic heterocycles. The second-order valence-electron chi connectivity index (χ2n) is 3.40. The first-order chi connectivity index (χ1) is 6.72. The lowest BCUT2D eigenvalue weighted by Crippen LogP contribution is -1.95. The first kappa shape index (κ1) is 11.4. The molecule has 78 valence electrons. The fourth-order valence-corrected chi connectivity index (χ4v) is 1.39. The summed E-state index contributed by atoms with van der Waals surface area (Å²) in [6, 6.07) is 8.23. The number of alkyl halides is 1. The largest absolute Gasteiger partial charge is 0.494 e. The molecule has 1 nitrogen and oxygen atoms in total. The second kappa shape index (κ2) is 5.92. The van der Waals surface area contributed by atoms with Gasteiger partial charge in [-0.3, -0.25) is 0 Å². The Balaban J connectivity index is 2.46. The molecule has 1 rings (SSSR count). The highest BCUT2D eigenvalue weighted by Crippen LogP contribution is 2.14. The van der Waals surface area contributed by atoms with Crippen LogP contribution in [0.5, 0.6) is 5.75 Å². The number of ether oxygens (including phenoxy) is 1. The van der Waals surface area contributed by atoms with Gasteiger partial charge >= 0.3 is 0 Å². The molecule has 2 heteroatoms. The molecule has 0 saturated carbocycles. The van der Waals surface area contributed by atoms with Crippen molar-refractivity contribution in [3.05, 3.63) is 29.8 Å². The summed E-state index contributed by atoms with van der Waals surface area (Å²) in [6.07, 6.45) is 2.06. The number of hydrogen-bond donors (Lipinski definition) is 0. The third kappa shape index (κ3) is 4.01. The molecule has 0 aromatic heterocycles. The molecule has 0 fully saturated rings. The molecule has 0 aliphatic rings. The Labute approximate surface area is 91.0 Å². The van der Waals surface area contributed by atoms with Crippen molar-refractivity contribution < 1.29 is 4.74 Å². The lowest BCUT2D eigenvalue weighted by molar-refractivity contribution is 0.340. The molecular formula is C12H17ClO. The van der Waals surface area contributed by atoms with Crippen LogP contribution >= 0.6 is 11.6 Å². The van der Waals surface area contributed by atoms with Crippen molar-refractivity contribution in [1.29, 1.82) is 0 Å². The van der Waals surface area contributed by atoms with E-state index in [-0.39, 0.29) is 5.38 Å². The van der Waals surface area contributed by atoms with E-state index in [2.05, 4.69) is 12.1 Å². The Morgan fingerprint density at radius 1 is 1.29 bits per heavy atom. The highest BCUT2D eigenvalue weighted by molar-refractivity contribution is 6.20. The van der Waals surface area contributed by atoms with Gasteiger partial charge in [-0.1, -0.05) is 12.1 Å². The maximum absolute atomic E-state index is 5.88. The van der Waals surface area contributed by atoms with Crippen LogP contribution in [0.25, 0.3) is 0 Å². The molecule has 1 aromatic carbocycles. The van der Waals surface area contributed by atoms with E-state index in [4.69, 9.17) is 16.3 Å². The van der Waals surface area contributed by atoms with Crippen molar-refractivity contribution >= 4 is 11.6 Å². The van der Waals surface area contributed by atoms with Crippen LogP contribution in [0.4, 0.5) is 0 Å². The van der Waals surface area contributed by atoms with Crippen molar-refractivity contribution in [3.8, 4) is 5.75 Å². The van der Waals surface area contributed by atoms with Crippen molar-refractivity contribution in [2.45, 2.75) is 32.1 Å². The third-order valence-electron chi connectivity index (χ3n) is 2.07. The summed E-state index contributed by atoms with van der Waals surface area (Å²) in [7, 11) is 0. The summed E-state index contributed by atoms with van der Waals surface area (Å²) < 4.78 is 5.36. The topological polar surface area (TPSA) is 9.23 Å². The number of aryl methyl sites for hydroxylation is 1. The first-order valence-corrected chi connectivity index (χ1v) is 5.52. The lowest BCUT2D eigenvalue weighted by atomic mass is 10.1. The normalized spacial score (nSPS) is 12.5. The fourth-order valence-electron chi connectivity index (χ4n) is 1.28. The minimum Gasteiger partial charge on any atom is -0.494 e. The summed E-state index contributed by atoms with van der Waals surface area (Å²) >= 11 is 5.88. The van der Waals surface area contributed by atoms with E-state index in [1.807, 2.05) is 26.0 Å². The molecule has 14 heavy (non-hydrogen) atoms. The fraction of sp³-hybridized carbons (Fsp3) is 0.500. The minimum atomic E-state index is 0.251. The SMILES string of the molecule is CCOc1ccc(CCC(C)Cl)cc1. The predicted octanol–water partition coefficient (Wildman–Crippen LogP) is 3.65. The summed E-state index contributed by atoms with van der Waals surface area (Å²) in [5.74, 6) is 0.940. The van der Waals surface area contributed by atoms with Crippen LogP contribution in [0.2, 0.25) is 0 Å². The first-order valence-electron chi connectivity index (χ1n) is 5.08. The molecule has 0 amide bonds. The van der Waals surface area contributed by atoms with E-state index in [1.54, 1.807) is 0 Å². The second-order valence-corrected chi connectivity index (χ2v) is 4.14. The standard InChI is InChI=1S/C12H17ClO/c1-3-14-12-8-6-11(7-9-12)5-4-10(2)13/h6-10H,3-5H2,1-2H3. The maximum Gasteiger partial charge on any atom is 0.119 e. The van der Waals surface area contributed by atoms with E-state index in [0.29, 0.717) is 0 Å². The van der Waals surface area contributed by atoms with Crippen LogP contribution in [0.1, 0.15) is 25.8 Å². The Morgan fingerprint density at radius 3 is 2.43 bits per heavy atom. The Bertz CT molecular complexity index is 254. The van der Waals surface area contributed by atoms with Crippen LogP contribution in [0, 0.1) is 0 Å². The smallest absolute Gasteiger partial charge is 0.119 e. The van der Waals surface area contributed by atoms with Crippen LogP contribution in [-0.2, 0) is 6.42 Å². The molecule has 0 radical (unpaired) electrons. The molecular weight excluding hydrogens is 196 g/mol. The van der Waals surface area contributed by atoms with Crippen LogP contribution in [0.15, 0.2) is 24.3 Å². The van der Waals surface area contributed by atoms with Crippen molar-refractivity contribution in [3.63, 3.8) is 0 Å². The van der Waals surface area contributed by atoms with E-state index in [9.17, 15) is 0 Å². The van der Waals surface area contributed by atoms with Gasteiger partial charge in [-0.05, 0) is 44.4 Å². The molecule has 0 N–H and O–H groups in total. The Hall–Kier alpha value is -0.690. The molecule has 1 atom stereocenters. The summed E-state index contributed by atoms with van der Waals surface area (Å²) in [5.41, 5.74) is 1.32. The van der Waals surface area contributed by atoms with Gasteiger partial charge in [0.2, 0.25) is 0 Å². The molecule has 0 saturated heterocycles. The molecule has 0 bridgehead atoms. The predicted molar refractivity (Wildman–Crippen MR) is 61.2 cm³/mol. The summed E-state index contributed by atoms with van der Waals surface area (Å²) in [5, 5.41) is 0.251. The van der Waals surface area contributed by atoms with E-state index in [0.717, 1.165) is 25.2 Å². The van der Waals surface area contributed by atoms with Gasteiger partial charge in [0.15, 0.2) is 0 Å². The van der Waals surface area contributed by atoms with E-state index < -0.39 is 0 Å². The number of benzene rings is 1. The van der Waals surface area contributed by atoms with Crippen molar-refractivity contribution in [2.24, 2.45) is 0 Å². The molecule has 0 heterocycles. The molecule has 1 unspecified atom stereocenters. The molecule has 0 spiro atoms. The zero-order valence-corrected chi connectivity index (χ0v) is 9.55. The van der Waals surface area contributed by atoms with Crippen molar-refractivity contribution in [2.75, 3.05) is 6.61 Å². The van der Waals surface area contributed by atoms with Gasteiger partial charge in [0.05, 0.1) is 6.61 Å². The van der Waals surface area contributed by atoms with Gasteiger partial charge in [0.25, 0.3) is 0 Å². The van der Waals surface area contributed by atoms with Crippen molar-refractivity contribution in [1.82, 2.24) is 0 Å². The average molecular weight is 213 g/mol. The number of rotatable bonds is 5. The van der Waals surface area contributed by atoms with Gasteiger partial charge in [-0.25, -0.2) is 0 Å². The Morgan fingerprint density at radius 2 is 1.93 bits per heavy atom. The zero-order valence-electron chi connectivity index (χ0n) is 8.79. The Kier molecular flexibility index (Phi) is 4.81. The van der Waals surface area contributed by atoms with Gasteiger partial charge in [-0.2, -0.15) is 0 Å². The lowest BCUT2D eigenvalue weighted by Gasteiger charge is -2.05. The average Bonchev–Trinajstić information content (AvgIpc) is 2.17. The summed E-state index contributed by atoms with van der Waals surface area (Å²) in [6.45, 7) is 4.73. The monoisotopic (exact) mass is 212 g/mol. The number of hydrogen-bond acceptors (Lipinski definition) is 1. The quantitative estimate of drug-likeness (QED) is 0.678.